The number of nitrogens with one attached hydrogen (secondary N) is 1. The van der Waals surface area contributed by atoms with E-state index in [-0.39, 0.29) is 12.0 Å². The smallest absolute Gasteiger partial charge is 0.223 e. The van der Waals surface area contributed by atoms with Crippen LogP contribution in [0.5, 0.6) is 5.75 Å². The molecule has 6 nitrogen and oxygen atoms in total. The number of methoxy groups -OCH3 is 1. The highest BCUT2D eigenvalue weighted by molar-refractivity contribution is 5.76. The molecule has 1 amide bonds. The van der Waals surface area contributed by atoms with Crippen LogP contribution in [0.3, 0.4) is 0 Å². The van der Waals surface area contributed by atoms with Gasteiger partial charge in [-0.25, -0.2) is 0 Å². The summed E-state index contributed by atoms with van der Waals surface area (Å²) in [6.07, 6.45) is 1.96. The van der Waals surface area contributed by atoms with Crippen LogP contribution in [0.15, 0.2) is 24.3 Å². The Bertz CT molecular complexity index is 757. The standard InChI is InChI=1S/C20H27N3O3/c1-14-15(2)21-22-19(14)7-8-20(24)23-9-10-26-18(13-23)12-16-5-4-6-17(11-16)25-3/h4-6,11,18H,7-10,12-13H2,1-3H3,(H,21,22). The number of morpholine rings is 1. The number of H-pyrrole nitrogens is 1. The number of rotatable bonds is 6. The monoisotopic (exact) mass is 357 g/mol. The van der Waals surface area contributed by atoms with Gasteiger partial charge in [-0.3, -0.25) is 9.89 Å². The van der Waals surface area contributed by atoms with Gasteiger partial charge in [-0.1, -0.05) is 12.1 Å². The molecule has 0 bridgehead atoms. The van der Waals surface area contributed by atoms with E-state index in [1.807, 2.05) is 36.9 Å². The van der Waals surface area contributed by atoms with E-state index in [1.54, 1.807) is 7.11 Å². The molecule has 0 saturated carbocycles. The van der Waals surface area contributed by atoms with Gasteiger partial charge in [-0.15, -0.1) is 0 Å². The molecule has 1 N–H and O–H groups in total. The summed E-state index contributed by atoms with van der Waals surface area (Å²) in [4.78, 5) is 14.5. The van der Waals surface area contributed by atoms with Crippen LogP contribution in [-0.2, 0) is 22.4 Å². The van der Waals surface area contributed by atoms with Crippen LogP contribution in [-0.4, -0.2) is 53.9 Å². The molecule has 1 unspecified atom stereocenters. The molecule has 6 heteroatoms. The molecule has 1 aromatic heterocycles. The number of carbonyl (C=O) groups is 1. The van der Waals surface area contributed by atoms with Gasteiger partial charge in [0, 0.05) is 38.0 Å². The fraction of sp³-hybridized carbons (Fsp3) is 0.500. The van der Waals surface area contributed by atoms with Gasteiger partial charge in [0.1, 0.15) is 5.75 Å². The van der Waals surface area contributed by atoms with Crippen LogP contribution >= 0.6 is 0 Å². The van der Waals surface area contributed by atoms with E-state index in [0.717, 1.165) is 34.7 Å². The van der Waals surface area contributed by atoms with E-state index in [9.17, 15) is 4.79 Å². The maximum Gasteiger partial charge on any atom is 0.223 e. The minimum atomic E-state index is 0.0224. The van der Waals surface area contributed by atoms with Crippen LogP contribution < -0.4 is 4.74 Å². The van der Waals surface area contributed by atoms with Crippen molar-refractivity contribution in [1.29, 1.82) is 0 Å². The summed E-state index contributed by atoms with van der Waals surface area (Å²) in [6, 6.07) is 8.00. The Hall–Kier alpha value is -2.34. The zero-order valence-corrected chi connectivity index (χ0v) is 15.7. The maximum atomic E-state index is 12.6. The molecule has 1 fully saturated rings. The van der Waals surface area contributed by atoms with Crippen LogP contribution in [0.1, 0.15) is 28.9 Å². The summed E-state index contributed by atoms with van der Waals surface area (Å²) in [5.74, 6) is 1.01. The van der Waals surface area contributed by atoms with Gasteiger partial charge in [-0.05, 0) is 37.1 Å². The quantitative estimate of drug-likeness (QED) is 0.862. The first-order chi connectivity index (χ1) is 12.6. The molecule has 1 atom stereocenters. The Morgan fingerprint density at radius 2 is 2.27 bits per heavy atom. The van der Waals surface area contributed by atoms with Gasteiger partial charge >= 0.3 is 0 Å². The van der Waals surface area contributed by atoms with Crippen LogP contribution in [0.25, 0.3) is 0 Å². The van der Waals surface area contributed by atoms with E-state index in [4.69, 9.17) is 9.47 Å². The summed E-state index contributed by atoms with van der Waals surface area (Å²) in [6.45, 7) is 5.91. The van der Waals surface area contributed by atoms with Gasteiger partial charge in [0.25, 0.3) is 0 Å². The van der Waals surface area contributed by atoms with Crippen molar-refractivity contribution in [3.05, 3.63) is 46.8 Å². The average molecular weight is 357 g/mol. The van der Waals surface area contributed by atoms with Gasteiger partial charge in [0.2, 0.25) is 5.91 Å². The number of amides is 1. The van der Waals surface area contributed by atoms with Crippen molar-refractivity contribution in [2.45, 2.75) is 39.2 Å². The number of benzene rings is 1. The average Bonchev–Trinajstić information content (AvgIpc) is 2.98. The molecule has 26 heavy (non-hydrogen) atoms. The lowest BCUT2D eigenvalue weighted by molar-refractivity contribution is -0.138. The molecule has 2 heterocycles. The largest absolute Gasteiger partial charge is 0.497 e. The highest BCUT2D eigenvalue weighted by Gasteiger charge is 2.24. The molecule has 2 aromatic rings. The van der Waals surface area contributed by atoms with Crippen molar-refractivity contribution in [2.75, 3.05) is 26.8 Å². The number of ether oxygens (including phenoxy) is 2. The Labute approximate surface area is 154 Å². The summed E-state index contributed by atoms with van der Waals surface area (Å²) < 4.78 is 11.1. The Morgan fingerprint density at radius 3 is 3.00 bits per heavy atom. The van der Waals surface area contributed by atoms with Gasteiger partial charge in [0.05, 0.1) is 25.5 Å². The van der Waals surface area contributed by atoms with Crippen molar-refractivity contribution in [1.82, 2.24) is 15.1 Å². The Balaban J connectivity index is 1.53. The first-order valence-corrected chi connectivity index (χ1v) is 9.09. The van der Waals surface area contributed by atoms with Crippen molar-refractivity contribution in [2.24, 2.45) is 0 Å². The van der Waals surface area contributed by atoms with Crippen LogP contribution in [0.4, 0.5) is 0 Å². The number of carbonyl (C=O) groups excluding carboxylic acids is 1. The maximum absolute atomic E-state index is 12.6. The zero-order chi connectivity index (χ0) is 18.5. The van der Waals surface area contributed by atoms with Gasteiger partial charge in [0.15, 0.2) is 0 Å². The molecule has 0 radical (unpaired) electrons. The fourth-order valence-electron chi connectivity index (χ4n) is 3.29. The summed E-state index contributed by atoms with van der Waals surface area (Å²) in [5.41, 5.74) is 4.36. The van der Waals surface area contributed by atoms with Gasteiger partial charge in [-0.2, -0.15) is 5.10 Å². The molecular formula is C20H27N3O3. The fourth-order valence-corrected chi connectivity index (χ4v) is 3.29. The topological polar surface area (TPSA) is 67.5 Å². The molecule has 1 aromatic carbocycles. The molecule has 140 valence electrons. The van der Waals surface area contributed by atoms with E-state index in [2.05, 4.69) is 16.3 Å². The zero-order valence-electron chi connectivity index (χ0n) is 15.7. The molecule has 1 saturated heterocycles. The number of aryl methyl sites for hydroxylation is 2. The second-order valence-electron chi connectivity index (χ2n) is 6.81. The van der Waals surface area contributed by atoms with E-state index in [1.165, 1.54) is 0 Å². The predicted molar refractivity (Wildman–Crippen MR) is 99.4 cm³/mol. The lowest BCUT2D eigenvalue weighted by Crippen LogP contribution is -2.46. The van der Waals surface area contributed by atoms with Crippen molar-refractivity contribution < 1.29 is 14.3 Å². The third kappa shape index (κ3) is 4.43. The molecule has 0 spiro atoms. The summed E-state index contributed by atoms with van der Waals surface area (Å²) >= 11 is 0. The highest BCUT2D eigenvalue weighted by Crippen LogP contribution is 2.18. The van der Waals surface area contributed by atoms with Crippen LogP contribution in [0.2, 0.25) is 0 Å². The molecule has 3 rings (SSSR count). The van der Waals surface area contributed by atoms with Crippen molar-refractivity contribution in [3.63, 3.8) is 0 Å². The number of nitrogens with zero attached hydrogens (tertiary/aromatic N) is 2. The molecule has 1 aliphatic rings. The normalized spacial score (nSPS) is 17.3. The van der Waals surface area contributed by atoms with E-state index >= 15 is 0 Å². The Kier molecular flexibility index (Phi) is 5.93. The number of hydrogen-bond donors (Lipinski definition) is 1. The summed E-state index contributed by atoms with van der Waals surface area (Å²) in [7, 11) is 1.67. The second-order valence-corrected chi connectivity index (χ2v) is 6.81. The summed E-state index contributed by atoms with van der Waals surface area (Å²) in [5, 5.41) is 7.27. The lowest BCUT2D eigenvalue weighted by Gasteiger charge is -2.33. The number of hydrogen-bond acceptors (Lipinski definition) is 4. The van der Waals surface area contributed by atoms with Crippen molar-refractivity contribution in [3.8, 4) is 5.75 Å². The molecule has 1 aliphatic heterocycles. The molecule has 0 aliphatic carbocycles. The van der Waals surface area contributed by atoms with E-state index in [0.29, 0.717) is 32.5 Å². The predicted octanol–water partition coefficient (Wildman–Crippen LogP) is 2.44. The Morgan fingerprint density at radius 1 is 1.42 bits per heavy atom. The second kappa shape index (κ2) is 8.36. The van der Waals surface area contributed by atoms with Gasteiger partial charge < -0.3 is 14.4 Å². The number of aromatic amines is 1. The van der Waals surface area contributed by atoms with Crippen molar-refractivity contribution >= 4 is 5.91 Å². The highest BCUT2D eigenvalue weighted by atomic mass is 16.5. The third-order valence-corrected chi connectivity index (χ3v) is 5.02. The minimum absolute atomic E-state index is 0.0224. The van der Waals surface area contributed by atoms with Crippen LogP contribution in [0, 0.1) is 13.8 Å². The third-order valence-electron chi connectivity index (χ3n) is 5.02. The lowest BCUT2D eigenvalue weighted by atomic mass is 10.1. The minimum Gasteiger partial charge on any atom is -0.497 e. The first kappa shape index (κ1) is 18.5. The molecular weight excluding hydrogens is 330 g/mol. The number of aromatic nitrogens is 2. The first-order valence-electron chi connectivity index (χ1n) is 9.09. The SMILES string of the molecule is COc1cccc(CC2CN(C(=O)CCc3n[nH]c(C)c3C)CCO2)c1. The van der Waals surface area contributed by atoms with E-state index < -0.39 is 0 Å².